The molecule has 0 N–H and O–H groups in total. The number of rotatable bonds is 4. The van der Waals surface area contributed by atoms with Gasteiger partial charge in [0.25, 0.3) is 0 Å². The standard InChI is InChI=1S/C22H26N2.CH4/c1-15(2)6-11-22-23-20-12-17(4)18(5)13-21(20)24(22)14-19-9-7-16(3)8-10-19;/h6-13,15H,14H2,1-5H3;1H4/b11-6+;. The van der Waals surface area contributed by atoms with Gasteiger partial charge in [-0.15, -0.1) is 0 Å². The lowest BCUT2D eigenvalue weighted by molar-refractivity contribution is 0.804. The summed E-state index contributed by atoms with van der Waals surface area (Å²) in [7, 11) is 0. The number of hydrogen-bond acceptors (Lipinski definition) is 1. The van der Waals surface area contributed by atoms with Gasteiger partial charge in [-0.05, 0) is 61.6 Å². The molecule has 0 atom stereocenters. The van der Waals surface area contributed by atoms with Crippen LogP contribution in [0.3, 0.4) is 0 Å². The fourth-order valence-corrected chi connectivity index (χ4v) is 2.85. The van der Waals surface area contributed by atoms with Crippen molar-refractivity contribution in [2.75, 3.05) is 0 Å². The Labute approximate surface area is 152 Å². The van der Waals surface area contributed by atoms with Gasteiger partial charge in [0.1, 0.15) is 5.82 Å². The largest absolute Gasteiger partial charge is 0.320 e. The van der Waals surface area contributed by atoms with E-state index in [1.165, 1.54) is 27.8 Å². The highest BCUT2D eigenvalue weighted by Gasteiger charge is 2.11. The molecule has 0 aliphatic heterocycles. The first-order valence-electron chi connectivity index (χ1n) is 8.65. The van der Waals surface area contributed by atoms with Gasteiger partial charge in [-0.25, -0.2) is 4.98 Å². The number of imidazole rings is 1. The molecular formula is C23H30N2. The Hall–Kier alpha value is -2.35. The van der Waals surface area contributed by atoms with Crippen LogP contribution in [0.5, 0.6) is 0 Å². The van der Waals surface area contributed by atoms with Crippen molar-refractivity contribution in [3.05, 3.63) is 70.6 Å². The smallest absolute Gasteiger partial charge is 0.133 e. The maximum absolute atomic E-state index is 4.88. The highest BCUT2D eigenvalue weighted by Crippen LogP contribution is 2.23. The molecule has 2 heteroatoms. The Morgan fingerprint density at radius 2 is 1.64 bits per heavy atom. The van der Waals surface area contributed by atoms with Crippen LogP contribution in [0.15, 0.2) is 42.5 Å². The summed E-state index contributed by atoms with van der Waals surface area (Å²) in [5.74, 6) is 1.55. The Bertz CT molecular complexity index is 881. The minimum absolute atomic E-state index is 0. The monoisotopic (exact) mass is 334 g/mol. The zero-order valence-electron chi connectivity index (χ0n) is 15.3. The molecule has 1 aromatic heterocycles. The highest BCUT2D eigenvalue weighted by molar-refractivity contribution is 5.80. The number of benzene rings is 2. The van der Waals surface area contributed by atoms with E-state index < -0.39 is 0 Å². The zero-order valence-corrected chi connectivity index (χ0v) is 15.3. The Kier molecular flexibility index (Phi) is 5.84. The average Bonchev–Trinajstić information content (AvgIpc) is 2.85. The van der Waals surface area contributed by atoms with Crippen molar-refractivity contribution in [3.8, 4) is 0 Å². The summed E-state index contributed by atoms with van der Waals surface area (Å²) in [6, 6.07) is 13.2. The van der Waals surface area contributed by atoms with Crippen molar-refractivity contribution in [1.82, 2.24) is 9.55 Å². The fourth-order valence-electron chi connectivity index (χ4n) is 2.85. The molecule has 0 aliphatic carbocycles. The van der Waals surface area contributed by atoms with Crippen molar-refractivity contribution in [1.29, 1.82) is 0 Å². The van der Waals surface area contributed by atoms with Gasteiger partial charge in [-0.3, -0.25) is 0 Å². The maximum atomic E-state index is 4.88. The number of aryl methyl sites for hydroxylation is 3. The molecule has 3 aromatic rings. The normalized spacial score (nSPS) is 11.4. The van der Waals surface area contributed by atoms with Crippen LogP contribution in [0.1, 0.15) is 49.4 Å². The van der Waals surface area contributed by atoms with E-state index in [9.17, 15) is 0 Å². The molecule has 0 spiro atoms. The maximum Gasteiger partial charge on any atom is 0.133 e. The molecule has 0 saturated heterocycles. The van der Waals surface area contributed by atoms with Crippen molar-refractivity contribution in [2.24, 2.45) is 5.92 Å². The van der Waals surface area contributed by atoms with Crippen LogP contribution in [0.2, 0.25) is 0 Å². The summed E-state index contributed by atoms with van der Waals surface area (Å²) in [4.78, 5) is 4.88. The summed E-state index contributed by atoms with van der Waals surface area (Å²) in [5.41, 5.74) is 7.49. The highest BCUT2D eigenvalue weighted by atomic mass is 15.1. The van der Waals surface area contributed by atoms with Crippen LogP contribution in [0.25, 0.3) is 17.1 Å². The van der Waals surface area contributed by atoms with Gasteiger partial charge in [-0.2, -0.15) is 0 Å². The fraction of sp³-hybridized carbons (Fsp3) is 0.348. The van der Waals surface area contributed by atoms with Gasteiger partial charge < -0.3 is 4.57 Å². The number of nitrogens with zero attached hydrogens (tertiary/aromatic N) is 2. The lowest BCUT2D eigenvalue weighted by Gasteiger charge is -2.09. The first-order valence-corrected chi connectivity index (χ1v) is 8.65. The van der Waals surface area contributed by atoms with E-state index in [1.54, 1.807) is 0 Å². The lowest BCUT2D eigenvalue weighted by atomic mass is 10.1. The van der Waals surface area contributed by atoms with Gasteiger partial charge >= 0.3 is 0 Å². The molecule has 0 fully saturated rings. The number of hydrogen-bond donors (Lipinski definition) is 0. The Balaban J connectivity index is 0.00000225. The quantitative estimate of drug-likeness (QED) is 0.546. The first kappa shape index (κ1) is 19.0. The molecule has 0 aliphatic rings. The van der Waals surface area contributed by atoms with E-state index >= 15 is 0 Å². The predicted molar refractivity (Wildman–Crippen MR) is 110 cm³/mol. The second-order valence-electron chi connectivity index (χ2n) is 7.07. The van der Waals surface area contributed by atoms with Crippen LogP contribution < -0.4 is 0 Å². The third kappa shape index (κ3) is 4.19. The molecule has 25 heavy (non-hydrogen) atoms. The molecule has 0 radical (unpaired) electrons. The zero-order chi connectivity index (χ0) is 17.3. The predicted octanol–water partition coefficient (Wildman–Crippen LogP) is 6.32. The van der Waals surface area contributed by atoms with Gasteiger partial charge in [-0.1, -0.05) is 57.2 Å². The van der Waals surface area contributed by atoms with Gasteiger partial charge in [0.2, 0.25) is 0 Å². The van der Waals surface area contributed by atoms with Crippen molar-refractivity contribution in [3.63, 3.8) is 0 Å². The van der Waals surface area contributed by atoms with Crippen LogP contribution in [0.4, 0.5) is 0 Å². The Morgan fingerprint density at radius 1 is 1.00 bits per heavy atom. The van der Waals surface area contributed by atoms with E-state index in [2.05, 4.69) is 87.7 Å². The van der Waals surface area contributed by atoms with Crippen LogP contribution >= 0.6 is 0 Å². The second kappa shape index (κ2) is 7.69. The van der Waals surface area contributed by atoms with Crippen LogP contribution in [-0.2, 0) is 6.54 Å². The van der Waals surface area contributed by atoms with Gasteiger partial charge in [0.05, 0.1) is 11.0 Å². The molecule has 2 aromatic carbocycles. The van der Waals surface area contributed by atoms with Crippen LogP contribution in [0, 0.1) is 26.7 Å². The number of aromatic nitrogens is 2. The number of allylic oxidation sites excluding steroid dienone is 1. The van der Waals surface area contributed by atoms with Gasteiger partial charge in [0.15, 0.2) is 0 Å². The second-order valence-corrected chi connectivity index (χ2v) is 7.07. The molecule has 0 saturated carbocycles. The minimum atomic E-state index is 0. The summed E-state index contributed by atoms with van der Waals surface area (Å²) in [6.45, 7) is 11.7. The average molecular weight is 335 g/mol. The first-order chi connectivity index (χ1) is 11.4. The Morgan fingerprint density at radius 3 is 2.28 bits per heavy atom. The van der Waals surface area contributed by atoms with Crippen molar-refractivity contribution in [2.45, 2.75) is 48.6 Å². The SMILES string of the molecule is C.Cc1ccc(Cn2c(/C=C/C(C)C)nc3cc(C)c(C)cc32)cc1. The molecule has 3 rings (SSSR count). The summed E-state index contributed by atoms with van der Waals surface area (Å²) < 4.78 is 2.32. The lowest BCUT2D eigenvalue weighted by Crippen LogP contribution is -2.02. The minimum Gasteiger partial charge on any atom is -0.320 e. The third-order valence-electron chi connectivity index (χ3n) is 4.48. The summed E-state index contributed by atoms with van der Waals surface area (Å²) >= 11 is 0. The number of fused-ring (bicyclic) bond motifs is 1. The molecule has 0 bridgehead atoms. The van der Waals surface area contributed by atoms with Crippen molar-refractivity contribution < 1.29 is 0 Å². The molecule has 2 nitrogen and oxygen atoms in total. The topological polar surface area (TPSA) is 17.8 Å². The van der Waals surface area contributed by atoms with E-state index in [0.717, 1.165) is 17.9 Å². The third-order valence-corrected chi connectivity index (χ3v) is 4.48. The van der Waals surface area contributed by atoms with Gasteiger partial charge in [0, 0.05) is 6.54 Å². The van der Waals surface area contributed by atoms with E-state index in [4.69, 9.17) is 4.98 Å². The molecule has 132 valence electrons. The van der Waals surface area contributed by atoms with Crippen LogP contribution in [-0.4, -0.2) is 9.55 Å². The summed E-state index contributed by atoms with van der Waals surface area (Å²) in [6.07, 6.45) is 4.37. The van der Waals surface area contributed by atoms with E-state index in [1.807, 2.05) is 0 Å². The van der Waals surface area contributed by atoms with Crippen molar-refractivity contribution >= 4 is 17.1 Å². The molecular weight excluding hydrogens is 304 g/mol. The van der Waals surface area contributed by atoms with E-state index in [-0.39, 0.29) is 7.43 Å². The molecule has 0 unspecified atom stereocenters. The molecule has 1 heterocycles. The van der Waals surface area contributed by atoms with E-state index in [0.29, 0.717) is 5.92 Å². The molecule has 0 amide bonds. The summed E-state index contributed by atoms with van der Waals surface area (Å²) in [5, 5.41) is 0.